The summed E-state index contributed by atoms with van der Waals surface area (Å²) in [5, 5.41) is 9.58. The summed E-state index contributed by atoms with van der Waals surface area (Å²) < 4.78 is 3.86. The number of hydrogen-bond donors (Lipinski definition) is 0. The van der Waals surface area contributed by atoms with Crippen LogP contribution in [0.1, 0.15) is 30.9 Å². The molecule has 8 heteroatoms. The van der Waals surface area contributed by atoms with Gasteiger partial charge >= 0.3 is 0 Å². The fourth-order valence-electron chi connectivity index (χ4n) is 4.42. The Hall–Kier alpha value is -2.74. The standard InChI is InChI=1S/C21H27N7O/c1-25-15-22-18-13-16(6-7-17(18)21(25)29)27-11-9-26(10-12-27)14-20-24-23-19-5-3-2-4-8-28(19)20/h6-7,13,15H,2-5,8-12,14H2,1H3. The first-order chi connectivity index (χ1) is 14.2. The molecular formula is C21H27N7O. The zero-order valence-corrected chi connectivity index (χ0v) is 16.9. The molecule has 2 aromatic heterocycles. The second-order valence-corrected chi connectivity index (χ2v) is 8.12. The van der Waals surface area contributed by atoms with E-state index < -0.39 is 0 Å². The molecule has 2 aliphatic rings. The summed E-state index contributed by atoms with van der Waals surface area (Å²) in [4.78, 5) is 21.5. The zero-order chi connectivity index (χ0) is 19.8. The molecule has 0 N–H and O–H groups in total. The topological polar surface area (TPSA) is 72.1 Å². The number of nitrogens with zero attached hydrogens (tertiary/aromatic N) is 7. The van der Waals surface area contributed by atoms with Crippen molar-refractivity contribution in [2.45, 2.75) is 38.8 Å². The molecule has 4 heterocycles. The number of anilines is 1. The maximum atomic E-state index is 12.2. The van der Waals surface area contributed by atoms with Gasteiger partial charge in [0.2, 0.25) is 0 Å². The summed E-state index contributed by atoms with van der Waals surface area (Å²) in [6.45, 7) is 5.82. The molecular weight excluding hydrogens is 366 g/mol. The molecule has 8 nitrogen and oxygen atoms in total. The van der Waals surface area contributed by atoms with E-state index >= 15 is 0 Å². The van der Waals surface area contributed by atoms with Crippen molar-refractivity contribution in [1.29, 1.82) is 0 Å². The van der Waals surface area contributed by atoms with E-state index in [1.807, 2.05) is 18.2 Å². The van der Waals surface area contributed by atoms with E-state index in [1.165, 1.54) is 23.8 Å². The quantitative estimate of drug-likeness (QED) is 0.673. The highest BCUT2D eigenvalue weighted by atomic mass is 16.1. The molecule has 0 radical (unpaired) electrons. The summed E-state index contributed by atoms with van der Waals surface area (Å²) in [5.74, 6) is 2.27. The predicted octanol–water partition coefficient (Wildman–Crippen LogP) is 1.57. The van der Waals surface area contributed by atoms with Crippen LogP contribution in [0.5, 0.6) is 0 Å². The molecule has 0 spiro atoms. The lowest BCUT2D eigenvalue weighted by molar-refractivity contribution is 0.240. The minimum Gasteiger partial charge on any atom is -0.369 e. The Balaban J connectivity index is 1.26. The molecule has 29 heavy (non-hydrogen) atoms. The Kier molecular flexibility index (Phi) is 4.79. The number of hydrogen-bond acceptors (Lipinski definition) is 6. The SMILES string of the molecule is Cn1cnc2cc(N3CCN(Cc4nnc5n4CCCCC5)CC3)ccc2c1=O. The Bertz CT molecular complexity index is 1080. The lowest BCUT2D eigenvalue weighted by Gasteiger charge is -2.36. The van der Waals surface area contributed by atoms with Gasteiger partial charge in [0.1, 0.15) is 11.6 Å². The molecule has 0 atom stereocenters. The number of aromatic nitrogens is 5. The summed E-state index contributed by atoms with van der Waals surface area (Å²) in [7, 11) is 1.73. The van der Waals surface area contributed by atoms with Gasteiger partial charge in [0.15, 0.2) is 0 Å². The van der Waals surface area contributed by atoms with Crippen molar-refractivity contribution in [2.75, 3.05) is 31.1 Å². The Labute approximate surface area is 169 Å². The fourth-order valence-corrected chi connectivity index (χ4v) is 4.42. The van der Waals surface area contributed by atoms with Crippen molar-refractivity contribution in [3.63, 3.8) is 0 Å². The second-order valence-electron chi connectivity index (χ2n) is 8.12. The van der Waals surface area contributed by atoms with Crippen LogP contribution in [0.15, 0.2) is 29.3 Å². The Morgan fingerprint density at radius 3 is 2.72 bits per heavy atom. The highest BCUT2D eigenvalue weighted by Gasteiger charge is 2.21. The van der Waals surface area contributed by atoms with Crippen LogP contribution < -0.4 is 10.5 Å². The van der Waals surface area contributed by atoms with Gasteiger partial charge in [-0.1, -0.05) is 6.42 Å². The van der Waals surface area contributed by atoms with Crippen molar-refractivity contribution in [3.8, 4) is 0 Å². The summed E-state index contributed by atoms with van der Waals surface area (Å²) in [5.41, 5.74) is 1.90. The van der Waals surface area contributed by atoms with Gasteiger partial charge in [0.05, 0.1) is 23.8 Å². The van der Waals surface area contributed by atoms with Gasteiger partial charge in [-0.3, -0.25) is 9.69 Å². The number of aryl methyl sites for hydroxylation is 2. The van der Waals surface area contributed by atoms with Crippen molar-refractivity contribution in [2.24, 2.45) is 7.05 Å². The number of fused-ring (bicyclic) bond motifs is 2. The van der Waals surface area contributed by atoms with Crippen LogP contribution in [-0.4, -0.2) is 55.4 Å². The largest absolute Gasteiger partial charge is 0.369 e. The van der Waals surface area contributed by atoms with E-state index in [0.29, 0.717) is 5.39 Å². The predicted molar refractivity (Wildman–Crippen MR) is 112 cm³/mol. The van der Waals surface area contributed by atoms with Crippen LogP contribution in [0, 0.1) is 0 Å². The van der Waals surface area contributed by atoms with Crippen LogP contribution in [0.25, 0.3) is 10.9 Å². The van der Waals surface area contributed by atoms with Crippen LogP contribution in [0.4, 0.5) is 5.69 Å². The lowest BCUT2D eigenvalue weighted by Crippen LogP contribution is -2.46. The van der Waals surface area contributed by atoms with Gasteiger partial charge in [-0.2, -0.15) is 0 Å². The molecule has 0 saturated carbocycles. The first kappa shape index (κ1) is 18.3. The lowest BCUT2D eigenvalue weighted by atomic mass is 10.2. The van der Waals surface area contributed by atoms with Crippen LogP contribution in [0.2, 0.25) is 0 Å². The van der Waals surface area contributed by atoms with Crippen molar-refractivity contribution in [3.05, 3.63) is 46.5 Å². The zero-order valence-electron chi connectivity index (χ0n) is 16.9. The van der Waals surface area contributed by atoms with Gasteiger partial charge < -0.3 is 14.0 Å². The second kappa shape index (κ2) is 7.59. The molecule has 5 rings (SSSR count). The average molecular weight is 393 g/mol. The minimum absolute atomic E-state index is 0.00110. The first-order valence-corrected chi connectivity index (χ1v) is 10.5. The van der Waals surface area contributed by atoms with Gasteiger partial charge in [-0.05, 0) is 31.0 Å². The van der Waals surface area contributed by atoms with E-state index in [9.17, 15) is 4.79 Å². The van der Waals surface area contributed by atoms with E-state index in [-0.39, 0.29) is 5.56 Å². The van der Waals surface area contributed by atoms with E-state index in [1.54, 1.807) is 13.4 Å². The van der Waals surface area contributed by atoms with E-state index in [0.717, 1.165) is 68.5 Å². The maximum absolute atomic E-state index is 12.2. The molecule has 2 aliphatic heterocycles. The molecule has 1 fully saturated rings. The molecule has 0 amide bonds. The summed E-state index contributed by atoms with van der Waals surface area (Å²) in [6, 6.07) is 5.97. The molecule has 0 unspecified atom stereocenters. The number of benzene rings is 1. The monoisotopic (exact) mass is 393 g/mol. The summed E-state index contributed by atoms with van der Waals surface area (Å²) >= 11 is 0. The van der Waals surface area contributed by atoms with Crippen LogP contribution in [-0.2, 0) is 26.6 Å². The average Bonchev–Trinajstić information content (AvgIpc) is 2.97. The third-order valence-corrected chi connectivity index (χ3v) is 6.19. The third-order valence-electron chi connectivity index (χ3n) is 6.19. The summed E-state index contributed by atoms with van der Waals surface area (Å²) in [6.07, 6.45) is 6.39. The van der Waals surface area contributed by atoms with Crippen molar-refractivity contribution in [1.82, 2.24) is 29.2 Å². The fraction of sp³-hybridized carbons (Fsp3) is 0.524. The molecule has 0 bridgehead atoms. The number of piperazine rings is 1. The van der Waals surface area contributed by atoms with Gasteiger partial charge in [-0.15, -0.1) is 10.2 Å². The minimum atomic E-state index is -0.00110. The van der Waals surface area contributed by atoms with Crippen molar-refractivity contribution >= 4 is 16.6 Å². The molecule has 1 aromatic carbocycles. The molecule has 152 valence electrons. The molecule has 3 aromatic rings. The third kappa shape index (κ3) is 3.53. The molecule has 0 aliphatic carbocycles. The number of rotatable bonds is 3. The van der Waals surface area contributed by atoms with Gasteiger partial charge in [-0.25, -0.2) is 4.98 Å². The Morgan fingerprint density at radius 2 is 1.86 bits per heavy atom. The van der Waals surface area contributed by atoms with Gasteiger partial charge in [0.25, 0.3) is 5.56 Å². The van der Waals surface area contributed by atoms with Crippen molar-refractivity contribution < 1.29 is 0 Å². The molecule has 1 saturated heterocycles. The van der Waals surface area contributed by atoms with Crippen LogP contribution >= 0.6 is 0 Å². The maximum Gasteiger partial charge on any atom is 0.260 e. The van der Waals surface area contributed by atoms with Crippen LogP contribution in [0.3, 0.4) is 0 Å². The first-order valence-electron chi connectivity index (χ1n) is 10.5. The smallest absolute Gasteiger partial charge is 0.260 e. The van der Waals surface area contributed by atoms with Gasteiger partial charge in [0, 0.05) is 51.9 Å². The van der Waals surface area contributed by atoms with E-state index in [4.69, 9.17) is 0 Å². The Morgan fingerprint density at radius 1 is 1.00 bits per heavy atom. The normalized spacial score (nSPS) is 18.0. The highest BCUT2D eigenvalue weighted by molar-refractivity contribution is 5.81. The van der Waals surface area contributed by atoms with E-state index in [2.05, 4.69) is 29.5 Å². The highest BCUT2D eigenvalue weighted by Crippen LogP contribution is 2.21.